The lowest BCUT2D eigenvalue weighted by Crippen LogP contribution is -2.42. The Labute approximate surface area is 149 Å². The second-order valence-corrected chi connectivity index (χ2v) is 8.35. The first-order valence-corrected chi connectivity index (χ1v) is 9.80. The highest BCUT2D eigenvalue weighted by Crippen LogP contribution is 2.24. The van der Waals surface area contributed by atoms with E-state index < -0.39 is 27.5 Å². The van der Waals surface area contributed by atoms with Crippen molar-refractivity contribution in [2.24, 2.45) is 5.92 Å². The summed E-state index contributed by atoms with van der Waals surface area (Å²) in [5.74, 6) is -1.73. The van der Waals surface area contributed by atoms with Crippen LogP contribution in [0.1, 0.15) is 23.4 Å². The van der Waals surface area contributed by atoms with Crippen molar-refractivity contribution in [1.29, 1.82) is 0 Å². The van der Waals surface area contributed by atoms with Gasteiger partial charge in [-0.15, -0.1) is 0 Å². The van der Waals surface area contributed by atoms with E-state index in [1.807, 2.05) is 0 Å². The van der Waals surface area contributed by atoms with Crippen LogP contribution < -0.4 is 10.9 Å². The van der Waals surface area contributed by atoms with Crippen LogP contribution in [0, 0.1) is 11.7 Å². The molecular weight excluding hydrogens is 363 g/mol. The van der Waals surface area contributed by atoms with Crippen LogP contribution in [0.2, 0.25) is 0 Å². The van der Waals surface area contributed by atoms with Crippen LogP contribution in [0.4, 0.5) is 4.39 Å². The number of carbonyl (C=O) groups excluding carboxylic acids is 2. The van der Waals surface area contributed by atoms with Crippen LogP contribution in [-0.2, 0) is 14.6 Å². The second-order valence-electron chi connectivity index (χ2n) is 6.12. The highest BCUT2D eigenvalue weighted by atomic mass is 32.2. The minimum Gasteiger partial charge on any atom is -0.451 e. The number of nitrogens with one attached hydrogen (secondary N) is 2. The third-order valence-electron chi connectivity index (χ3n) is 4.09. The Morgan fingerprint density at radius 2 is 1.92 bits per heavy atom. The molecule has 0 bridgehead atoms. The molecule has 1 atom stereocenters. The lowest BCUT2D eigenvalue weighted by molar-refractivity contribution is -0.122. The topological polar surface area (TPSA) is 105 Å². The molecule has 3 rings (SSSR count). The Morgan fingerprint density at radius 1 is 1.15 bits per heavy atom. The maximum Gasteiger partial charge on any atom is 0.305 e. The summed E-state index contributed by atoms with van der Waals surface area (Å²) < 4.78 is 41.8. The average Bonchev–Trinajstić information content (AvgIpc) is 3.20. The second kappa shape index (κ2) is 7.28. The Balaban J connectivity index is 1.54. The molecule has 0 saturated carbocycles. The molecule has 9 heteroatoms. The largest absolute Gasteiger partial charge is 0.451 e. The van der Waals surface area contributed by atoms with Gasteiger partial charge >= 0.3 is 5.91 Å². The summed E-state index contributed by atoms with van der Waals surface area (Å²) in [6.07, 6.45) is 0.450. The van der Waals surface area contributed by atoms with E-state index >= 15 is 0 Å². The van der Waals surface area contributed by atoms with Crippen molar-refractivity contribution in [1.82, 2.24) is 10.9 Å². The van der Waals surface area contributed by atoms with E-state index in [1.165, 1.54) is 24.3 Å². The number of amides is 2. The molecule has 1 aromatic heterocycles. The van der Waals surface area contributed by atoms with Gasteiger partial charge in [0.2, 0.25) is 5.91 Å². The van der Waals surface area contributed by atoms with Crippen molar-refractivity contribution < 1.29 is 26.8 Å². The number of rotatable bonds is 4. The molecule has 0 radical (unpaired) electrons. The van der Waals surface area contributed by atoms with E-state index in [2.05, 4.69) is 10.9 Å². The molecule has 1 saturated heterocycles. The minimum atomic E-state index is -3.06. The molecule has 1 aromatic carbocycles. The van der Waals surface area contributed by atoms with E-state index in [-0.39, 0.29) is 40.9 Å². The van der Waals surface area contributed by atoms with Gasteiger partial charge in [-0.25, -0.2) is 12.8 Å². The van der Waals surface area contributed by atoms with E-state index in [1.54, 1.807) is 12.1 Å². The van der Waals surface area contributed by atoms with Crippen LogP contribution in [0.5, 0.6) is 0 Å². The molecule has 7 nitrogen and oxygen atoms in total. The fraction of sp³-hybridized carbons (Fsp3) is 0.294. The summed E-state index contributed by atoms with van der Waals surface area (Å²) in [6, 6.07) is 8.81. The van der Waals surface area contributed by atoms with Gasteiger partial charge in [-0.3, -0.25) is 20.4 Å². The first kappa shape index (κ1) is 18.1. The highest BCUT2D eigenvalue weighted by Gasteiger charge is 2.29. The maximum atomic E-state index is 13.7. The zero-order chi connectivity index (χ0) is 18.7. The van der Waals surface area contributed by atoms with Gasteiger partial charge < -0.3 is 4.42 Å². The molecule has 138 valence electrons. The lowest BCUT2D eigenvalue weighted by Gasteiger charge is -2.09. The number of furan rings is 1. The fourth-order valence-corrected chi connectivity index (χ4v) is 4.66. The Bertz CT molecular complexity index is 938. The summed E-state index contributed by atoms with van der Waals surface area (Å²) in [5.41, 5.74) is 4.65. The molecule has 26 heavy (non-hydrogen) atoms. The highest BCUT2D eigenvalue weighted by molar-refractivity contribution is 7.91. The van der Waals surface area contributed by atoms with Gasteiger partial charge in [0.05, 0.1) is 17.1 Å². The molecule has 0 spiro atoms. The molecule has 0 unspecified atom stereocenters. The predicted molar refractivity (Wildman–Crippen MR) is 91.1 cm³/mol. The van der Waals surface area contributed by atoms with E-state index in [4.69, 9.17) is 4.42 Å². The van der Waals surface area contributed by atoms with Crippen LogP contribution in [0.25, 0.3) is 11.3 Å². The van der Waals surface area contributed by atoms with Gasteiger partial charge in [-0.05, 0) is 36.6 Å². The van der Waals surface area contributed by atoms with Crippen LogP contribution in [0.3, 0.4) is 0 Å². The van der Waals surface area contributed by atoms with E-state index in [0.717, 1.165) is 0 Å². The third kappa shape index (κ3) is 4.29. The number of hydrazine groups is 1. The lowest BCUT2D eigenvalue weighted by atomic mass is 10.1. The quantitative estimate of drug-likeness (QED) is 0.785. The van der Waals surface area contributed by atoms with Crippen LogP contribution in [-0.4, -0.2) is 31.7 Å². The van der Waals surface area contributed by atoms with Crippen molar-refractivity contribution in [3.63, 3.8) is 0 Å². The van der Waals surface area contributed by atoms with E-state index in [0.29, 0.717) is 6.42 Å². The zero-order valence-corrected chi connectivity index (χ0v) is 14.5. The van der Waals surface area contributed by atoms with Gasteiger partial charge in [0.15, 0.2) is 15.6 Å². The Morgan fingerprint density at radius 3 is 2.62 bits per heavy atom. The van der Waals surface area contributed by atoms with Crippen molar-refractivity contribution in [2.45, 2.75) is 12.8 Å². The average molecular weight is 380 g/mol. The van der Waals surface area contributed by atoms with E-state index in [9.17, 15) is 22.4 Å². The van der Waals surface area contributed by atoms with Crippen molar-refractivity contribution in [3.8, 4) is 11.3 Å². The normalized spacial score (nSPS) is 18.4. The molecule has 0 aliphatic carbocycles. The van der Waals surface area contributed by atoms with Crippen LogP contribution in [0.15, 0.2) is 40.8 Å². The number of carbonyl (C=O) groups is 2. The van der Waals surface area contributed by atoms with Gasteiger partial charge in [-0.1, -0.05) is 12.1 Å². The fourth-order valence-electron chi connectivity index (χ4n) is 2.80. The third-order valence-corrected chi connectivity index (χ3v) is 5.92. The van der Waals surface area contributed by atoms with Gasteiger partial charge in [0.1, 0.15) is 11.6 Å². The molecule has 1 aliphatic rings. The number of sulfone groups is 1. The number of hydrogen-bond acceptors (Lipinski definition) is 5. The smallest absolute Gasteiger partial charge is 0.305 e. The Kier molecular flexibility index (Phi) is 5.08. The summed E-state index contributed by atoms with van der Waals surface area (Å²) >= 11 is 0. The molecule has 2 amide bonds. The Hall–Kier alpha value is -2.68. The molecule has 1 aliphatic heterocycles. The monoisotopic (exact) mass is 380 g/mol. The first-order chi connectivity index (χ1) is 12.3. The molecular formula is C17H17FN2O5S. The summed E-state index contributed by atoms with van der Waals surface area (Å²) in [7, 11) is -3.06. The van der Waals surface area contributed by atoms with Gasteiger partial charge in [0, 0.05) is 6.42 Å². The minimum absolute atomic E-state index is 0.0120. The first-order valence-electron chi connectivity index (χ1n) is 7.98. The van der Waals surface area contributed by atoms with Gasteiger partial charge in [0.25, 0.3) is 0 Å². The zero-order valence-electron chi connectivity index (χ0n) is 13.7. The molecule has 2 aromatic rings. The number of hydrogen-bond donors (Lipinski definition) is 2. The molecule has 1 fully saturated rings. The molecule has 2 N–H and O–H groups in total. The number of benzene rings is 1. The summed E-state index contributed by atoms with van der Waals surface area (Å²) in [6.45, 7) is 0. The SMILES string of the molecule is O=C(C[C@@H]1CCS(=O)(=O)C1)NNC(=O)c1ccc(-c2ccccc2F)o1. The standard InChI is InChI=1S/C17H17FN2O5S/c18-13-4-2-1-3-12(13)14-5-6-15(25-14)17(22)20-19-16(21)9-11-7-8-26(23,24)10-11/h1-6,11H,7-10H2,(H,19,21)(H,20,22)/t11-/m0/s1. The predicted octanol–water partition coefficient (Wildman–Crippen LogP) is 1.67. The van der Waals surface area contributed by atoms with Crippen molar-refractivity contribution in [2.75, 3.05) is 11.5 Å². The summed E-state index contributed by atoms with van der Waals surface area (Å²) in [4.78, 5) is 23.8. The summed E-state index contributed by atoms with van der Waals surface area (Å²) in [5, 5.41) is 0. The van der Waals surface area contributed by atoms with Crippen molar-refractivity contribution >= 4 is 21.7 Å². The molecule has 2 heterocycles. The van der Waals surface area contributed by atoms with Gasteiger partial charge in [-0.2, -0.15) is 0 Å². The van der Waals surface area contributed by atoms with Crippen LogP contribution >= 0.6 is 0 Å². The maximum absolute atomic E-state index is 13.7. The number of halogens is 1. The van der Waals surface area contributed by atoms with Crippen molar-refractivity contribution in [3.05, 3.63) is 48.0 Å².